The average Bonchev–Trinajstić information content (AvgIpc) is 2.55. The fourth-order valence-corrected chi connectivity index (χ4v) is 2.08. The Hall–Kier alpha value is -3.02. The number of aromatic carboxylic acids is 1. The maximum Gasteiger partial charge on any atom is 0.335 e. The summed E-state index contributed by atoms with van der Waals surface area (Å²) in [5, 5.41) is 11.5. The summed E-state index contributed by atoms with van der Waals surface area (Å²) in [5.41, 5.74) is 1.12. The van der Waals surface area contributed by atoms with Gasteiger partial charge < -0.3 is 19.9 Å². The van der Waals surface area contributed by atoms with Gasteiger partial charge in [-0.1, -0.05) is 0 Å². The molecule has 2 aromatic carbocycles. The van der Waals surface area contributed by atoms with Gasteiger partial charge in [-0.15, -0.1) is 0 Å². The van der Waals surface area contributed by atoms with Crippen LogP contribution in [0.2, 0.25) is 0 Å². The molecular weight excluding hydrogens is 286 g/mol. The van der Waals surface area contributed by atoms with E-state index in [1.54, 1.807) is 30.3 Å². The van der Waals surface area contributed by atoms with E-state index >= 15 is 0 Å². The highest BCUT2D eigenvalue weighted by atomic mass is 16.6. The number of hydrogen-bond acceptors (Lipinski definition) is 4. The van der Waals surface area contributed by atoms with Gasteiger partial charge in [-0.25, -0.2) is 4.79 Å². The Morgan fingerprint density at radius 2 is 1.55 bits per heavy atom. The molecule has 0 aliphatic carbocycles. The molecule has 1 aliphatic rings. The lowest BCUT2D eigenvalue weighted by molar-refractivity contribution is 0.0696. The van der Waals surface area contributed by atoms with E-state index in [4.69, 9.17) is 14.6 Å². The minimum atomic E-state index is -1.01. The second kappa shape index (κ2) is 5.77. The fraction of sp³-hybridized carbons (Fsp3) is 0.125. The van der Waals surface area contributed by atoms with Crippen molar-refractivity contribution in [3.05, 3.63) is 53.6 Å². The lowest BCUT2D eigenvalue weighted by Crippen LogP contribution is -2.17. The van der Waals surface area contributed by atoms with Crippen molar-refractivity contribution in [2.24, 2.45) is 0 Å². The third-order valence-electron chi connectivity index (χ3n) is 3.19. The van der Waals surface area contributed by atoms with E-state index in [1.807, 2.05) is 0 Å². The first-order valence-electron chi connectivity index (χ1n) is 6.68. The van der Waals surface area contributed by atoms with E-state index in [0.717, 1.165) is 0 Å². The van der Waals surface area contributed by atoms with E-state index in [2.05, 4.69) is 5.32 Å². The number of anilines is 1. The molecule has 22 heavy (non-hydrogen) atoms. The minimum Gasteiger partial charge on any atom is -0.486 e. The van der Waals surface area contributed by atoms with Crippen LogP contribution >= 0.6 is 0 Å². The number of ether oxygens (including phenoxy) is 2. The van der Waals surface area contributed by atoms with Gasteiger partial charge in [-0.3, -0.25) is 4.79 Å². The molecule has 0 bridgehead atoms. The number of fused-ring (bicyclic) bond motifs is 1. The van der Waals surface area contributed by atoms with Gasteiger partial charge in [0.2, 0.25) is 0 Å². The molecule has 0 fully saturated rings. The van der Waals surface area contributed by atoms with Gasteiger partial charge in [0.05, 0.1) is 5.56 Å². The Morgan fingerprint density at radius 3 is 2.23 bits per heavy atom. The maximum atomic E-state index is 12.2. The van der Waals surface area contributed by atoms with Crippen molar-refractivity contribution in [3.63, 3.8) is 0 Å². The number of benzene rings is 2. The van der Waals surface area contributed by atoms with E-state index in [1.165, 1.54) is 12.1 Å². The van der Waals surface area contributed by atoms with E-state index < -0.39 is 5.97 Å². The van der Waals surface area contributed by atoms with Crippen LogP contribution in [0.5, 0.6) is 11.5 Å². The predicted octanol–water partition coefficient (Wildman–Crippen LogP) is 2.41. The molecule has 0 spiro atoms. The van der Waals surface area contributed by atoms with Gasteiger partial charge in [-0.2, -0.15) is 0 Å². The van der Waals surface area contributed by atoms with Crippen molar-refractivity contribution in [2.45, 2.75) is 0 Å². The number of carboxylic acid groups (broad SMARTS) is 1. The molecule has 6 heteroatoms. The third-order valence-corrected chi connectivity index (χ3v) is 3.19. The zero-order valence-corrected chi connectivity index (χ0v) is 11.5. The smallest absolute Gasteiger partial charge is 0.335 e. The first-order valence-corrected chi connectivity index (χ1v) is 6.68. The molecule has 0 saturated heterocycles. The Balaban J connectivity index is 1.75. The summed E-state index contributed by atoms with van der Waals surface area (Å²) in [7, 11) is 0. The van der Waals surface area contributed by atoms with E-state index in [0.29, 0.717) is 36.0 Å². The number of carbonyl (C=O) groups excluding carboxylic acids is 1. The minimum absolute atomic E-state index is 0.164. The summed E-state index contributed by atoms with van der Waals surface area (Å²) in [6, 6.07) is 10.9. The topological polar surface area (TPSA) is 84.9 Å². The summed E-state index contributed by atoms with van der Waals surface area (Å²) in [4.78, 5) is 23.0. The summed E-state index contributed by atoms with van der Waals surface area (Å²) in [6.45, 7) is 0.948. The van der Waals surface area contributed by atoms with Crippen LogP contribution < -0.4 is 14.8 Å². The SMILES string of the molecule is O=C(O)c1ccc(NC(=O)c2ccc3c(c2)OCCO3)cc1. The van der Waals surface area contributed by atoms with Gasteiger partial charge in [0.15, 0.2) is 11.5 Å². The second-order valence-corrected chi connectivity index (χ2v) is 4.70. The van der Waals surface area contributed by atoms with Crippen molar-refractivity contribution >= 4 is 17.6 Å². The van der Waals surface area contributed by atoms with Crippen LogP contribution in [0.15, 0.2) is 42.5 Å². The van der Waals surface area contributed by atoms with Crippen molar-refractivity contribution < 1.29 is 24.2 Å². The second-order valence-electron chi connectivity index (χ2n) is 4.70. The largest absolute Gasteiger partial charge is 0.486 e. The van der Waals surface area contributed by atoms with Crippen LogP contribution in [0, 0.1) is 0 Å². The van der Waals surface area contributed by atoms with Crippen LogP contribution in [0.4, 0.5) is 5.69 Å². The Labute approximate surface area is 126 Å². The molecule has 1 amide bonds. The number of carbonyl (C=O) groups is 2. The van der Waals surface area contributed by atoms with Gasteiger partial charge in [-0.05, 0) is 42.5 Å². The zero-order chi connectivity index (χ0) is 15.5. The van der Waals surface area contributed by atoms with Gasteiger partial charge in [0.1, 0.15) is 13.2 Å². The quantitative estimate of drug-likeness (QED) is 0.909. The summed E-state index contributed by atoms with van der Waals surface area (Å²) >= 11 is 0. The van der Waals surface area contributed by atoms with Gasteiger partial charge >= 0.3 is 5.97 Å². The molecule has 0 aromatic heterocycles. The van der Waals surface area contributed by atoms with Crippen LogP contribution in [0.25, 0.3) is 0 Å². The van der Waals surface area contributed by atoms with Crippen molar-refractivity contribution in [2.75, 3.05) is 18.5 Å². The summed E-state index contributed by atoms with van der Waals surface area (Å²) in [5.74, 6) is -0.154. The third kappa shape index (κ3) is 2.85. The molecule has 6 nitrogen and oxygen atoms in total. The lowest BCUT2D eigenvalue weighted by Gasteiger charge is -2.18. The highest BCUT2D eigenvalue weighted by Crippen LogP contribution is 2.30. The molecule has 0 radical (unpaired) electrons. The van der Waals surface area contributed by atoms with Crippen LogP contribution in [0.3, 0.4) is 0 Å². The standard InChI is InChI=1S/C16H13NO5/c18-15(17-12-4-1-10(2-5-12)16(19)20)11-3-6-13-14(9-11)22-8-7-21-13/h1-6,9H,7-8H2,(H,17,18)(H,19,20). The molecule has 0 atom stereocenters. The molecule has 2 N–H and O–H groups in total. The maximum absolute atomic E-state index is 12.2. The fourth-order valence-electron chi connectivity index (χ4n) is 2.08. The predicted molar refractivity (Wildman–Crippen MR) is 78.8 cm³/mol. The molecule has 1 heterocycles. The summed E-state index contributed by atoms with van der Waals surface area (Å²) in [6.07, 6.45) is 0. The number of amides is 1. The molecule has 112 valence electrons. The summed E-state index contributed by atoms with van der Waals surface area (Å²) < 4.78 is 10.8. The van der Waals surface area contributed by atoms with Crippen LogP contribution in [-0.4, -0.2) is 30.2 Å². The zero-order valence-electron chi connectivity index (χ0n) is 11.5. The Bertz CT molecular complexity index is 724. The number of carboxylic acids is 1. The molecular formula is C16H13NO5. The first-order chi connectivity index (χ1) is 10.6. The molecule has 0 saturated carbocycles. The van der Waals surface area contributed by atoms with Crippen molar-refractivity contribution in [1.29, 1.82) is 0 Å². The number of rotatable bonds is 3. The molecule has 3 rings (SSSR count). The highest BCUT2D eigenvalue weighted by molar-refractivity contribution is 6.04. The lowest BCUT2D eigenvalue weighted by atomic mass is 10.1. The van der Waals surface area contributed by atoms with E-state index in [9.17, 15) is 9.59 Å². The van der Waals surface area contributed by atoms with Gasteiger partial charge in [0, 0.05) is 11.3 Å². The molecule has 1 aliphatic heterocycles. The Morgan fingerprint density at radius 1 is 0.909 bits per heavy atom. The monoisotopic (exact) mass is 299 g/mol. The first kappa shape index (κ1) is 13.9. The number of nitrogens with one attached hydrogen (secondary N) is 1. The van der Waals surface area contributed by atoms with E-state index in [-0.39, 0.29) is 11.5 Å². The molecule has 0 unspecified atom stereocenters. The van der Waals surface area contributed by atoms with Gasteiger partial charge in [0.25, 0.3) is 5.91 Å². The van der Waals surface area contributed by atoms with Crippen molar-refractivity contribution in [1.82, 2.24) is 0 Å². The highest BCUT2D eigenvalue weighted by Gasteiger charge is 2.15. The molecule has 2 aromatic rings. The normalized spacial score (nSPS) is 12.5. The van der Waals surface area contributed by atoms with Crippen LogP contribution in [-0.2, 0) is 0 Å². The van der Waals surface area contributed by atoms with Crippen molar-refractivity contribution in [3.8, 4) is 11.5 Å². The average molecular weight is 299 g/mol. The van der Waals surface area contributed by atoms with Crippen LogP contribution in [0.1, 0.15) is 20.7 Å². The number of hydrogen-bond donors (Lipinski definition) is 2. The Kier molecular flexibility index (Phi) is 3.65.